The fourth-order valence-corrected chi connectivity index (χ4v) is 3.86. The molecule has 0 spiro atoms. The molecule has 1 heterocycles. The first kappa shape index (κ1) is 27.0. The summed E-state index contributed by atoms with van der Waals surface area (Å²) in [5.41, 5.74) is 5.66. The van der Waals surface area contributed by atoms with E-state index in [-0.39, 0.29) is 12.3 Å². The van der Waals surface area contributed by atoms with E-state index in [0.717, 1.165) is 24.7 Å². The van der Waals surface area contributed by atoms with E-state index in [1.54, 1.807) is 0 Å². The number of carbonyl (C=O) groups is 2. The van der Waals surface area contributed by atoms with Crippen molar-refractivity contribution in [3.05, 3.63) is 42.0 Å². The summed E-state index contributed by atoms with van der Waals surface area (Å²) in [5, 5.41) is 0. The van der Waals surface area contributed by atoms with Gasteiger partial charge in [0, 0.05) is 13.0 Å². The Morgan fingerprint density at radius 1 is 1.15 bits per heavy atom. The van der Waals surface area contributed by atoms with Gasteiger partial charge in [-0.05, 0) is 37.2 Å². The molecule has 1 unspecified atom stereocenters. The molecule has 1 aromatic carbocycles. The van der Waals surface area contributed by atoms with Crippen LogP contribution in [0.3, 0.4) is 0 Å². The minimum Gasteiger partial charge on any atom is -0.350 e. The number of sulfonamides is 1. The quantitative estimate of drug-likeness (QED) is 0.394. The predicted molar refractivity (Wildman–Crippen MR) is 125 cm³/mol. The molecular formula is C23H35N3O6S. The molecule has 0 aliphatic carbocycles. The van der Waals surface area contributed by atoms with Gasteiger partial charge in [-0.25, -0.2) is 18.7 Å². The Morgan fingerprint density at radius 2 is 1.88 bits per heavy atom. The maximum atomic E-state index is 13.1. The summed E-state index contributed by atoms with van der Waals surface area (Å²) in [7, 11) is -3.64. The van der Waals surface area contributed by atoms with Crippen LogP contribution in [0.25, 0.3) is 6.08 Å². The lowest BCUT2D eigenvalue weighted by atomic mass is 9.82. The monoisotopic (exact) mass is 481 g/mol. The van der Waals surface area contributed by atoms with Crippen LogP contribution in [0.4, 0.5) is 0 Å². The SMILES string of the molecule is CC(C)CC(C(=O)NNS(C)(=O)=O)[C@@H](CC=Cc1ccccc1)C(=O)NO[C@H]1CCCCO1. The van der Waals surface area contributed by atoms with E-state index in [1.165, 1.54) is 0 Å². The van der Waals surface area contributed by atoms with Crippen LogP contribution < -0.4 is 15.7 Å². The van der Waals surface area contributed by atoms with Crippen molar-refractivity contribution in [3.8, 4) is 0 Å². The van der Waals surface area contributed by atoms with E-state index in [9.17, 15) is 18.0 Å². The van der Waals surface area contributed by atoms with Gasteiger partial charge in [0.05, 0.1) is 18.1 Å². The smallest absolute Gasteiger partial charge is 0.247 e. The minimum atomic E-state index is -3.64. The zero-order valence-corrected chi connectivity index (χ0v) is 20.3. The Labute approximate surface area is 196 Å². The Kier molecular flexibility index (Phi) is 11.0. The number of amides is 2. The summed E-state index contributed by atoms with van der Waals surface area (Å²) >= 11 is 0. The van der Waals surface area contributed by atoms with Gasteiger partial charge in [-0.3, -0.25) is 15.0 Å². The highest BCUT2D eigenvalue weighted by molar-refractivity contribution is 7.88. The van der Waals surface area contributed by atoms with Crippen LogP contribution in [0.15, 0.2) is 36.4 Å². The van der Waals surface area contributed by atoms with Gasteiger partial charge >= 0.3 is 0 Å². The molecule has 1 aliphatic rings. The number of hydrazine groups is 1. The molecule has 2 amide bonds. The summed E-state index contributed by atoms with van der Waals surface area (Å²) in [6.07, 6.45) is 7.35. The molecule has 0 aromatic heterocycles. The van der Waals surface area contributed by atoms with Crippen molar-refractivity contribution in [2.24, 2.45) is 17.8 Å². The van der Waals surface area contributed by atoms with Gasteiger partial charge in [-0.2, -0.15) is 0 Å². The summed E-state index contributed by atoms with van der Waals surface area (Å²) in [6.45, 7) is 4.44. The Morgan fingerprint density at radius 3 is 2.48 bits per heavy atom. The Hall–Kier alpha value is -2.27. The van der Waals surface area contributed by atoms with Crippen molar-refractivity contribution < 1.29 is 27.6 Å². The highest BCUT2D eigenvalue weighted by atomic mass is 32.2. The molecule has 0 bridgehead atoms. The molecule has 1 aliphatic heterocycles. The first-order valence-corrected chi connectivity index (χ1v) is 13.1. The van der Waals surface area contributed by atoms with Crippen LogP contribution in [0.1, 0.15) is 51.5 Å². The molecule has 1 aromatic rings. The summed E-state index contributed by atoms with van der Waals surface area (Å²) < 4.78 is 28.4. The number of allylic oxidation sites excluding steroid dienone is 1. The highest BCUT2D eigenvalue weighted by Gasteiger charge is 2.34. The molecule has 0 radical (unpaired) electrons. The van der Waals surface area contributed by atoms with Crippen molar-refractivity contribution in [1.82, 2.24) is 15.7 Å². The van der Waals surface area contributed by atoms with E-state index >= 15 is 0 Å². The third-order valence-electron chi connectivity index (χ3n) is 5.17. The number of rotatable bonds is 12. The van der Waals surface area contributed by atoms with E-state index in [2.05, 4.69) is 10.9 Å². The van der Waals surface area contributed by atoms with Crippen LogP contribution in [-0.4, -0.2) is 39.4 Å². The average Bonchev–Trinajstić information content (AvgIpc) is 2.78. The van der Waals surface area contributed by atoms with Crippen molar-refractivity contribution >= 4 is 27.9 Å². The normalized spacial score (nSPS) is 18.7. The zero-order valence-electron chi connectivity index (χ0n) is 19.5. The molecule has 0 saturated carbocycles. The number of carbonyl (C=O) groups excluding carboxylic acids is 2. The molecule has 1 saturated heterocycles. The first-order valence-electron chi connectivity index (χ1n) is 11.2. The Balaban J connectivity index is 2.17. The summed E-state index contributed by atoms with van der Waals surface area (Å²) in [5.74, 6) is -2.50. The lowest BCUT2D eigenvalue weighted by Gasteiger charge is -2.27. The molecule has 184 valence electrons. The summed E-state index contributed by atoms with van der Waals surface area (Å²) in [6, 6.07) is 9.60. The maximum Gasteiger partial charge on any atom is 0.247 e. The lowest BCUT2D eigenvalue weighted by molar-refractivity contribution is -0.203. The molecular weight excluding hydrogens is 446 g/mol. The second-order valence-electron chi connectivity index (χ2n) is 8.64. The van der Waals surface area contributed by atoms with Crippen LogP contribution in [-0.2, 0) is 29.2 Å². The molecule has 3 atom stereocenters. The maximum absolute atomic E-state index is 13.1. The topological polar surface area (TPSA) is 123 Å². The molecule has 10 heteroatoms. The van der Waals surface area contributed by atoms with E-state index < -0.39 is 40.0 Å². The largest absolute Gasteiger partial charge is 0.350 e. The number of benzene rings is 1. The standard InChI is InChI=1S/C23H35N3O6S/c1-17(2)16-20(22(27)24-26-33(3,29)30)19(13-9-12-18-10-5-4-6-11-18)23(28)25-32-21-14-7-8-15-31-21/h4-6,9-12,17,19-21,26H,7-8,13-16H2,1-3H3,(H,24,27)(H,25,28)/t19-,20?,21+/m1/s1. The molecule has 3 N–H and O–H groups in total. The second kappa shape index (κ2) is 13.4. The number of hydrogen-bond acceptors (Lipinski definition) is 6. The van der Waals surface area contributed by atoms with Crippen molar-refractivity contribution in [1.29, 1.82) is 0 Å². The summed E-state index contributed by atoms with van der Waals surface area (Å²) in [4.78, 5) is 33.5. The average molecular weight is 482 g/mol. The van der Waals surface area contributed by atoms with E-state index in [1.807, 2.05) is 61.2 Å². The van der Waals surface area contributed by atoms with Crippen LogP contribution >= 0.6 is 0 Å². The fraction of sp³-hybridized carbons (Fsp3) is 0.565. The van der Waals surface area contributed by atoms with Gasteiger partial charge in [0.25, 0.3) is 0 Å². The predicted octanol–water partition coefficient (Wildman–Crippen LogP) is 2.52. The van der Waals surface area contributed by atoms with Crippen molar-refractivity contribution in [3.63, 3.8) is 0 Å². The van der Waals surface area contributed by atoms with Crippen LogP contribution in [0.2, 0.25) is 0 Å². The van der Waals surface area contributed by atoms with Gasteiger partial charge < -0.3 is 4.74 Å². The molecule has 1 fully saturated rings. The van der Waals surface area contributed by atoms with Gasteiger partial charge in [-0.1, -0.05) is 56.3 Å². The minimum absolute atomic E-state index is 0.0926. The highest BCUT2D eigenvalue weighted by Crippen LogP contribution is 2.26. The number of ether oxygens (including phenoxy) is 1. The van der Waals surface area contributed by atoms with Crippen molar-refractivity contribution in [2.45, 2.75) is 52.2 Å². The van der Waals surface area contributed by atoms with Gasteiger partial charge in [-0.15, -0.1) is 4.83 Å². The molecule has 9 nitrogen and oxygen atoms in total. The second-order valence-corrected chi connectivity index (χ2v) is 10.4. The van der Waals surface area contributed by atoms with E-state index in [0.29, 0.717) is 19.4 Å². The van der Waals surface area contributed by atoms with Crippen LogP contribution in [0.5, 0.6) is 0 Å². The van der Waals surface area contributed by atoms with Crippen LogP contribution in [0, 0.1) is 17.8 Å². The van der Waals surface area contributed by atoms with Gasteiger partial charge in [0.2, 0.25) is 21.8 Å². The number of nitrogens with one attached hydrogen (secondary N) is 3. The fourth-order valence-electron chi connectivity index (χ4n) is 3.57. The number of hydroxylamine groups is 1. The lowest BCUT2D eigenvalue weighted by Crippen LogP contribution is -2.49. The molecule has 2 rings (SSSR count). The van der Waals surface area contributed by atoms with Crippen molar-refractivity contribution in [2.75, 3.05) is 12.9 Å². The first-order chi connectivity index (χ1) is 15.7. The number of hydrogen-bond donors (Lipinski definition) is 3. The van der Waals surface area contributed by atoms with Gasteiger partial charge in [0.15, 0.2) is 6.29 Å². The van der Waals surface area contributed by atoms with E-state index in [4.69, 9.17) is 9.57 Å². The third kappa shape index (κ3) is 10.5. The Bertz CT molecular complexity index is 883. The molecule has 33 heavy (non-hydrogen) atoms. The van der Waals surface area contributed by atoms with Gasteiger partial charge in [0.1, 0.15) is 0 Å². The third-order valence-corrected chi connectivity index (χ3v) is 5.65. The zero-order chi connectivity index (χ0) is 24.3.